The number of nitrogens with zero attached hydrogens (tertiary/aromatic N) is 4. The van der Waals surface area contributed by atoms with Gasteiger partial charge in [-0.1, -0.05) is 48.2 Å². The highest BCUT2D eigenvalue weighted by molar-refractivity contribution is 7.99. The molecule has 0 aliphatic heterocycles. The molecule has 0 aliphatic rings. The number of aromatic nitrogens is 3. The molecule has 0 aliphatic carbocycles. The van der Waals surface area contributed by atoms with E-state index in [0.717, 1.165) is 16.3 Å². The quantitative estimate of drug-likeness (QED) is 0.407. The first-order valence-corrected chi connectivity index (χ1v) is 12.2. The van der Waals surface area contributed by atoms with E-state index in [-0.39, 0.29) is 24.1 Å². The number of hydrogen-bond donors (Lipinski definition) is 1. The van der Waals surface area contributed by atoms with Crippen molar-refractivity contribution in [2.24, 2.45) is 0 Å². The van der Waals surface area contributed by atoms with E-state index in [1.165, 1.54) is 11.8 Å². The predicted octanol–water partition coefficient (Wildman–Crippen LogP) is 2.91. The Labute approximate surface area is 196 Å². The van der Waals surface area contributed by atoms with Crippen molar-refractivity contribution in [1.82, 2.24) is 25.0 Å². The maximum atomic E-state index is 12.8. The minimum atomic E-state index is -0.173. The van der Waals surface area contributed by atoms with Crippen LogP contribution in [-0.4, -0.2) is 64.0 Å². The van der Waals surface area contributed by atoms with Crippen molar-refractivity contribution in [2.75, 3.05) is 32.6 Å². The number of ether oxygens (including phenoxy) is 1. The van der Waals surface area contributed by atoms with E-state index in [9.17, 15) is 9.59 Å². The van der Waals surface area contributed by atoms with Gasteiger partial charge < -0.3 is 15.0 Å². The lowest BCUT2D eigenvalue weighted by Gasteiger charge is -2.20. The molecule has 10 heteroatoms. The molecule has 0 fully saturated rings. The van der Waals surface area contributed by atoms with Crippen molar-refractivity contribution < 1.29 is 14.3 Å². The Morgan fingerprint density at radius 2 is 2.00 bits per heavy atom. The molecule has 170 valence electrons. The van der Waals surface area contributed by atoms with Gasteiger partial charge in [-0.05, 0) is 18.4 Å². The second kappa shape index (κ2) is 12.4. The summed E-state index contributed by atoms with van der Waals surface area (Å²) in [6.07, 6.45) is 0. The Hall–Kier alpha value is -2.69. The van der Waals surface area contributed by atoms with Crippen LogP contribution in [0.2, 0.25) is 0 Å². The molecule has 32 heavy (non-hydrogen) atoms. The molecule has 0 atom stereocenters. The number of methoxy groups -OCH3 is 1. The van der Waals surface area contributed by atoms with Gasteiger partial charge in [0.05, 0.1) is 32.0 Å². The number of amides is 2. The summed E-state index contributed by atoms with van der Waals surface area (Å²) in [7, 11) is 1.64. The molecule has 0 radical (unpaired) electrons. The number of thiophene rings is 1. The number of carbonyl (C=O) groups excluding carboxylic acids is 2. The molecule has 1 N–H and O–H groups in total. The first kappa shape index (κ1) is 24.0. The first-order chi connectivity index (χ1) is 15.6. The van der Waals surface area contributed by atoms with Crippen molar-refractivity contribution in [3.05, 3.63) is 52.7 Å². The van der Waals surface area contributed by atoms with Gasteiger partial charge in [0.1, 0.15) is 0 Å². The Morgan fingerprint density at radius 1 is 1.19 bits per heavy atom. The Balaban J connectivity index is 1.59. The predicted molar refractivity (Wildman–Crippen MR) is 126 cm³/mol. The lowest BCUT2D eigenvalue weighted by Crippen LogP contribution is -2.41. The normalized spacial score (nSPS) is 10.8. The Morgan fingerprint density at radius 3 is 2.69 bits per heavy atom. The second-order valence-corrected chi connectivity index (χ2v) is 8.84. The fourth-order valence-electron chi connectivity index (χ4n) is 3.00. The molecular formula is C22H27N5O3S2. The molecule has 0 saturated carbocycles. The third-order valence-electron chi connectivity index (χ3n) is 4.70. The van der Waals surface area contributed by atoms with Crippen LogP contribution >= 0.6 is 23.1 Å². The van der Waals surface area contributed by atoms with Crippen LogP contribution in [-0.2, 0) is 27.4 Å². The van der Waals surface area contributed by atoms with E-state index in [2.05, 4.69) is 15.5 Å². The van der Waals surface area contributed by atoms with Gasteiger partial charge in [-0.3, -0.25) is 14.2 Å². The minimum absolute atomic E-state index is 0.0346. The van der Waals surface area contributed by atoms with E-state index < -0.39 is 0 Å². The largest absolute Gasteiger partial charge is 0.383 e. The topological polar surface area (TPSA) is 89.4 Å². The highest BCUT2D eigenvalue weighted by Gasteiger charge is 2.19. The maximum absolute atomic E-state index is 12.8. The number of hydrogen-bond acceptors (Lipinski definition) is 7. The number of rotatable bonds is 12. The number of nitrogens with one attached hydrogen (secondary N) is 1. The SMILES string of the molecule is CCN(CC(=O)NCc1cccs1)C(=O)CSc1nnc(-c2ccccc2)n1CCOC. The van der Waals surface area contributed by atoms with Crippen molar-refractivity contribution >= 4 is 34.9 Å². The third kappa shape index (κ3) is 6.65. The lowest BCUT2D eigenvalue weighted by atomic mass is 10.2. The smallest absolute Gasteiger partial charge is 0.239 e. The molecule has 0 spiro atoms. The summed E-state index contributed by atoms with van der Waals surface area (Å²) in [6.45, 7) is 3.91. The number of thioether (sulfide) groups is 1. The zero-order valence-electron chi connectivity index (χ0n) is 18.2. The van der Waals surface area contributed by atoms with E-state index in [1.54, 1.807) is 23.3 Å². The molecule has 1 aromatic carbocycles. The molecule has 2 aromatic heterocycles. The van der Waals surface area contributed by atoms with Gasteiger partial charge in [0.25, 0.3) is 0 Å². The molecule has 2 amide bonds. The molecule has 8 nitrogen and oxygen atoms in total. The van der Waals surface area contributed by atoms with Crippen LogP contribution in [0, 0.1) is 0 Å². The highest BCUT2D eigenvalue weighted by atomic mass is 32.2. The van der Waals surface area contributed by atoms with Crippen molar-refractivity contribution in [2.45, 2.75) is 25.2 Å². The van der Waals surface area contributed by atoms with E-state index in [1.807, 2.05) is 59.3 Å². The van der Waals surface area contributed by atoms with Gasteiger partial charge in [-0.2, -0.15) is 0 Å². The third-order valence-corrected chi connectivity index (χ3v) is 6.53. The molecule has 3 rings (SSSR count). The van der Waals surface area contributed by atoms with E-state index in [0.29, 0.717) is 31.4 Å². The minimum Gasteiger partial charge on any atom is -0.383 e. The van der Waals surface area contributed by atoms with Crippen LogP contribution < -0.4 is 5.32 Å². The summed E-state index contributed by atoms with van der Waals surface area (Å²) in [4.78, 5) is 27.7. The standard InChI is InChI=1S/C22H27N5O3S2/c1-3-26(15-19(28)23-14-18-10-7-13-31-18)20(29)16-32-22-25-24-21(27(22)11-12-30-2)17-8-5-4-6-9-17/h4-10,13H,3,11-12,14-16H2,1-2H3,(H,23,28). The van der Waals surface area contributed by atoms with Crippen molar-refractivity contribution in [3.8, 4) is 11.4 Å². The van der Waals surface area contributed by atoms with Gasteiger partial charge >= 0.3 is 0 Å². The van der Waals surface area contributed by atoms with Crippen LogP contribution in [0.15, 0.2) is 53.0 Å². The lowest BCUT2D eigenvalue weighted by molar-refractivity contribution is -0.133. The number of likely N-dealkylation sites (N-methyl/N-ethyl adjacent to an activating group) is 1. The van der Waals surface area contributed by atoms with E-state index >= 15 is 0 Å². The van der Waals surface area contributed by atoms with Gasteiger partial charge in [0.15, 0.2) is 11.0 Å². The molecule has 0 saturated heterocycles. The molecule has 2 heterocycles. The molecule has 0 bridgehead atoms. The van der Waals surface area contributed by atoms with Crippen LogP contribution in [0.5, 0.6) is 0 Å². The summed E-state index contributed by atoms with van der Waals surface area (Å²) in [6, 6.07) is 13.7. The maximum Gasteiger partial charge on any atom is 0.239 e. The van der Waals surface area contributed by atoms with Crippen molar-refractivity contribution in [3.63, 3.8) is 0 Å². The van der Waals surface area contributed by atoms with Crippen LogP contribution in [0.1, 0.15) is 11.8 Å². The van der Waals surface area contributed by atoms with Crippen LogP contribution in [0.25, 0.3) is 11.4 Å². The number of benzene rings is 1. The Bertz CT molecular complexity index is 992. The summed E-state index contributed by atoms with van der Waals surface area (Å²) in [5.74, 6) is 0.615. The van der Waals surface area contributed by atoms with Gasteiger partial charge in [0.2, 0.25) is 11.8 Å². The molecule has 0 unspecified atom stereocenters. The van der Waals surface area contributed by atoms with Gasteiger partial charge in [0, 0.05) is 24.1 Å². The zero-order chi connectivity index (χ0) is 22.8. The average Bonchev–Trinajstić information content (AvgIpc) is 3.48. The van der Waals surface area contributed by atoms with Crippen LogP contribution in [0.3, 0.4) is 0 Å². The monoisotopic (exact) mass is 473 g/mol. The average molecular weight is 474 g/mol. The van der Waals surface area contributed by atoms with Crippen LogP contribution in [0.4, 0.5) is 0 Å². The Kier molecular flexibility index (Phi) is 9.27. The van der Waals surface area contributed by atoms with Gasteiger partial charge in [-0.15, -0.1) is 21.5 Å². The fourth-order valence-corrected chi connectivity index (χ4v) is 4.51. The molecule has 3 aromatic rings. The van der Waals surface area contributed by atoms with Crippen molar-refractivity contribution in [1.29, 1.82) is 0 Å². The number of carbonyl (C=O) groups is 2. The summed E-state index contributed by atoms with van der Waals surface area (Å²) in [5, 5.41) is 14.1. The first-order valence-electron chi connectivity index (χ1n) is 10.3. The second-order valence-electron chi connectivity index (χ2n) is 6.87. The molecular weight excluding hydrogens is 446 g/mol. The summed E-state index contributed by atoms with van der Waals surface area (Å²) in [5.41, 5.74) is 0.951. The van der Waals surface area contributed by atoms with Gasteiger partial charge in [-0.25, -0.2) is 0 Å². The summed E-state index contributed by atoms with van der Waals surface area (Å²) < 4.78 is 7.19. The highest BCUT2D eigenvalue weighted by Crippen LogP contribution is 2.24. The van der Waals surface area contributed by atoms with E-state index in [4.69, 9.17) is 4.74 Å². The summed E-state index contributed by atoms with van der Waals surface area (Å²) >= 11 is 2.90. The fraction of sp³-hybridized carbons (Fsp3) is 0.364. The zero-order valence-corrected chi connectivity index (χ0v) is 19.8.